The average molecular weight is 562 g/mol. The highest BCUT2D eigenvalue weighted by atomic mass is 32.2. The Labute approximate surface area is 226 Å². The molecule has 208 valence electrons. The second-order valence-corrected chi connectivity index (χ2v) is 12.7. The maximum atomic E-state index is 13.4. The van der Waals surface area contributed by atoms with Gasteiger partial charge in [0.1, 0.15) is 0 Å². The first kappa shape index (κ1) is 29.9. The monoisotopic (exact) mass is 561 g/mol. The molecular formula is C28H30F3N3O4S. The number of benzene rings is 2. The molecule has 7 nitrogen and oxygen atoms in total. The number of rotatable bonds is 7. The molecule has 0 aliphatic heterocycles. The van der Waals surface area contributed by atoms with Crippen LogP contribution < -0.4 is 10.6 Å². The number of nitrogens with zero attached hydrogens (tertiary/aromatic N) is 1. The van der Waals surface area contributed by atoms with Gasteiger partial charge in [0.25, 0.3) is 0 Å². The molecule has 2 aromatic carbocycles. The summed E-state index contributed by atoms with van der Waals surface area (Å²) in [6.07, 6.45) is -2.75. The van der Waals surface area contributed by atoms with Crippen molar-refractivity contribution in [3.8, 4) is 6.07 Å². The van der Waals surface area contributed by atoms with Crippen molar-refractivity contribution in [1.29, 1.82) is 5.26 Å². The van der Waals surface area contributed by atoms with Gasteiger partial charge in [-0.05, 0) is 54.2 Å². The zero-order valence-electron chi connectivity index (χ0n) is 22.1. The van der Waals surface area contributed by atoms with E-state index in [1.165, 1.54) is 30.3 Å². The van der Waals surface area contributed by atoms with Gasteiger partial charge in [0, 0.05) is 36.1 Å². The van der Waals surface area contributed by atoms with Gasteiger partial charge >= 0.3 is 6.18 Å². The highest BCUT2D eigenvalue weighted by Crippen LogP contribution is 2.37. The van der Waals surface area contributed by atoms with E-state index < -0.39 is 38.9 Å². The molecule has 1 aliphatic carbocycles. The summed E-state index contributed by atoms with van der Waals surface area (Å²) in [6.45, 7) is 5.53. The number of nitriles is 1. The van der Waals surface area contributed by atoms with E-state index in [1.54, 1.807) is 0 Å². The zero-order chi connectivity index (χ0) is 29.2. The van der Waals surface area contributed by atoms with Gasteiger partial charge in [-0.15, -0.1) is 0 Å². The molecule has 0 fully saturated rings. The first-order valence-electron chi connectivity index (χ1n) is 12.2. The molecule has 0 radical (unpaired) electrons. The van der Waals surface area contributed by atoms with Crippen molar-refractivity contribution < 1.29 is 31.2 Å². The zero-order valence-corrected chi connectivity index (χ0v) is 22.9. The standard InChI is InChI=1S/C28H30F3N3O4S/c1-27(2,3)15-24(36)34-26(20-12-11-17(16-32)13-23(20)39(4,37)38)25-21(9-6-10-22(25)35)33-19-8-5-7-18(14-19)28(29,30)31/h5,7-8,11-14,26,33H,6,9-10,15H2,1-4H3,(H,34,36). The fourth-order valence-corrected chi connectivity index (χ4v) is 5.39. The van der Waals surface area contributed by atoms with E-state index in [0.717, 1.165) is 18.4 Å². The predicted molar refractivity (Wildman–Crippen MR) is 140 cm³/mol. The fraction of sp³-hybridized carbons (Fsp3) is 0.393. The number of alkyl halides is 3. The van der Waals surface area contributed by atoms with Gasteiger partial charge in [0.15, 0.2) is 15.6 Å². The Bertz CT molecular complexity index is 1470. The van der Waals surface area contributed by atoms with Gasteiger partial charge in [-0.25, -0.2) is 8.42 Å². The molecule has 1 aliphatic rings. The summed E-state index contributed by atoms with van der Waals surface area (Å²) in [5.41, 5.74) is -0.694. The molecule has 0 saturated heterocycles. The third-order valence-corrected chi connectivity index (χ3v) is 7.23. The smallest absolute Gasteiger partial charge is 0.358 e. The number of sulfone groups is 1. The summed E-state index contributed by atoms with van der Waals surface area (Å²) in [5.74, 6) is -0.818. The van der Waals surface area contributed by atoms with Crippen LogP contribution in [0.25, 0.3) is 0 Å². The topological polar surface area (TPSA) is 116 Å². The lowest BCUT2D eigenvalue weighted by molar-refractivity contribution is -0.137. The Morgan fingerprint density at radius 2 is 1.79 bits per heavy atom. The number of anilines is 1. The molecule has 0 aromatic heterocycles. The molecule has 0 heterocycles. The van der Waals surface area contributed by atoms with Crippen LogP contribution in [0.5, 0.6) is 0 Å². The quantitative estimate of drug-likeness (QED) is 0.449. The third-order valence-electron chi connectivity index (χ3n) is 6.08. The minimum atomic E-state index is -4.58. The Kier molecular flexibility index (Phi) is 8.60. The van der Waals surface area contributed by atoms with Crippen molar-refractivity contribution in [2.45, 2.75) is 63.6 Å². The third kappa shape index (κ3) is 7.69. The number of hydrogen-bond donors (Lipinski definition) is 2. The molecule has 0 spiro atoms. The summed E-state index contributed by atoms with van der Waals surface area (Å²) in [5, 5.41) is 15.1. The number of nitrogens with one attached hydrogen (secondary N) is 2. The highest BCUT2D eigenvalue weighted by Gasteiger charge is 2.35. The maximum absolute atomic E-state index is 13.4. The summed E-state index contributed by atoms with van der Waals surface area (Å²) in [6, 6.07) is 9.13. The van der Waals surface area contributed by atoms with E-state index in [2.05, 4.69) is 10.6 Å². The van der Waals surface area contributed by atoms with Crippen molar-refractivity contribution >= 4 is 27.2 Å². The van der Waals surface area contributed by atoms with Gasteiger partial charge in [0.2, 0.25) is 5.91 Å². The van der Waals surface area contributed by atoms with Gasteiger partial charge in [-0.2, -0.15) is 18.4 Å². The molecule has 0 bridgehead atoms. The largest absolute Gasteiger partial charge is 0.416 e. The van der Waals surface area contributed by atoms with Crippen molar-refractivity contribution in [2.24, 2.45) is 5.41 Å². The van der Waals surface area contributed by atoms with Crippen LogP contribution in [-0.2, 0) is 25.6 Å². The van der Waals surface area contributed by atoms with E-state index in [0.29, 0.717) is 6.42 Å². The lowest BCUT2D eigenvalue weighted by atomic mass is 9.85. The van der Waals surface area contributed by atoms with Gasteiger partial charge < -0.3 is 10.6 Å². The van der Waals surface area contributed by atoms with Crippen LogP contribution in [-0.4, -0.2) is 26.4 Å². The summed E-state index contributed by atoms with van der Waals surface area (Å²) < 4.78 is 65.5. The molecule has 1 unspecified atom stereocenters. The molecule has 2 aromatic rings. The fourth-order valence-electron chi connectivity index (χ4n) is 4.44. The minimum Gasteiger partial charge on any atom is -0.358 e. The summed E-state index contributed by atoms with van der Waals surface area (Å²) >= 11 is 0. The van der Waals surface area contributed by atoms with Gasteiger partial charge in [0.05, 0.1) is 28.1 Å². The van der Waals surface area contributed by atoms with E-state index in [4.69, 9.17) is 0 Å². The molecule has 0 saturated carbocycles. The number of carbonyl (C=O) groups excluding carboxylic acids is 2. The number of carbonyl (C=O) groups is 2. The van der Waals surface area contributed by atoms with Crippen molar-refractivity contribution in [1.82, 2.24) is 5.32 Å². The number of ketones is 1. The summed E-state index contributed by atoms with van der Waals surface area (Å²) in [4.78, 5) is 26.2. The molecule has 1 amide bonds. The van der Waals surface area contributed by atoms with E-state index in [1.807, 2.05) is 26.8 Å². The van der Waals surface area contributed by atoms with Crippen LogP contribution in [0.4, 0.5) is 18.9 Å². The Balaban J connectivity index is 2.23. The lowest BCUT2D eigenvalue weighted by Crippen LogP contribution is -2.36. The summed E-state index contributed by atoms with van der Waals surface area (Å²) in [7, 11) is -3.92. The maximum Gasteiger partial charge on any atom is 0.416 e. The van der Waals surface area contributed by atoms with E-state index >= 15 is 0 Å². The van der Waals surface area contributed by atoms with Crippen LogP contribution in [0.3, 0.4) is 0 Å². The molecule has 39 heavy (non-hydrogen) atoms. The van der Waals surface area contributed by atoms with Crippen LogP contribution in [0, 0.1) is 16.7 Å². The van der Waals surface area contributed by atoms with Crippen LogP contribution in [0.2, 0.25) is 0 Å². The number of halogens is 3. The molecule has 2 N–H and O–H groups in total. The molecule has 1 atom stereocenters. The molecule has 3 rings (SSSR count). The Hall–Kier alpha value is -3.65. The van der Waals surface area contributed by atoms with Crippen LogP contribution in [0.1, 0.15) is 69.2 Å². The minimum absolute atomic E-state index is 0.0614. The normalized spacial score (nSPS) is 15.5. The lowest BCUT2D eigenvalue weighted by Gasteiger charge is -2.30. The number of hydrogen-bond acceptors (Lipinski definition) is 6. The molecule has 11 heteroatoms. The Morgan fingerprint density at radius 1 is 1.10 bits per heavy atom. The van der Waals surface area contributed by atoms with Crippen molar-refractivity contribution in [3.63, 3.8) is 0 Å². The number of Topliss-reactive ketones (excluding diaryl/α,β-unsaturated/α-hetero) is 1. The number of amides is 1. The average Bonchev–Trinajstić information content (AvgIpc) is 2.81. The van der Waals surface area contributed by atoms with Gasteiger partial charge in [-0.3, -0.25) is 9.59 Å². The van der Waals surface area contributed by atoms with Crippen LogP contribution >= 0.6 is 0 Å². The molecular weight excluding hydrogens is 531 g/mol. The van der Waals surface area contributed by atoms with Crippen LogP contribution in [0.15, 0.2) is 58.6 Å². The van der Waals surface area contributed by atoms with E-state index in [-0.39, 0.29) is 58.0 Å². The number of allylic oxidation sites excluding steroid dienone is 1. The first-order valence-corrected chi connectivity index (χ1v) is 14.1. The Morgan fingerprint density at radius 3 is 2.38 bits per heavy atom. The highest BCUT2D eigenvalue weighted by molar-refractivity contribution is 7.90. The first-order chi connectivity index (χ1) is 18.0. The predicted octanol–water partition coefficient (Wildman–Crippen LogP) is 5.69. The van der Waals surface area contributed by atoms with Crippen molar-refractivity contribution in [2.75, 3.05) is 11.6 Å². The van der Waals surface area contributed by atoms with Crippen molar-refractivity contribution in [3.05, 3.63) is 70.4 Å². The van der Waals surface area contributed by atoms with E-state index in [9.17, 15) is 36.4 Å². The SMILES string of the molecule is CC(C)(C)CC(=O)NC(C1=C(Nc2cccc(C(F)(F)F)c2)CCCC1=O)c1ccc(C#N)cc1S(C)(=O)=O. The van der Waals surface area contributed by atoms with Gasteiger partial charge in [-0.1, -0.05) is 32.9 Å². The second-order valence-electron chi connectivity index (χ2n) is 10.7. The second kappa shape index (κ2) is 11.2.